The third-order valence-electron chi connectivity index (χ3n) is 2.99. The van der Waals surface area contributed by atoms with Gasteiger partial charge >= 0.3 is 6.09 Å². The third kappa shape index (κ3) is 5.61. The number of nitrogens with one attached hydrogen (secondary N) is 1. The van der Waals surface area contributed by atoms with Crippen LogP contribution in [-0.2, 0) is 11.3 Å². The topological polar surface area (TPSA) is 55.4 Å². The second kappa shape index (κ2) is 8.76. The number of hydrogen-bond donors (Lipinski definition) is 1. The molecule has 0 radical (unpaired) electrons. The average molecular weight is 327 g/mol. The maximum absolute atomic E-state index is 11.5. The number of aldehydes is 1. The molecule has 5 heteroatoms. The van der Waals surface area contributed by atoms with Crippen molar-refractivity contribution in [3.05, 3.63) is 57.3 Å². The number of ether oxygens (including phenoxy) is 1. The number of hydrogen-bond acceptors (Lipinski definition) is 4. The molecule has 118 valence electrons. The summed E-state index contributed by atoms with van der Waals surface area (Å²) in [5.41, 5.74) is 1.95. The molecule has 0 saturated carbocycles. The van der Waals surface area contributed by atoms with Gasteiger partial charge in [0.25, 0.3) is 0 Å². The van der Waals surface area contributed by atoms with Gasteiger partial charge in [-0.2, -0.15) is 0 Å². The van der Waals surface area contributed by atoms with Gasteiger partial charge in [-0.05, 0) is 24.1 Å². The standard InChI is InChI=1S/C18H17NO3S/c1-14-11-16(12-20)23-17(14)9-5-6-10-19-18(21)22-13-15-7-3-2-4-8-15/h2-4,7-8,11-12H,6,10,13H2,1H3,(H,19,21). The van der Waals surface area contributed by atoms with Crippen molar-refractivity contribution < 1.29 is 14.3 Å². The van der Waals surface area contributed by atoms with Gasteiger partial charge in [0.2, 0.25) is 0 Å². The van der Waals surface area contributed by atoms with Crippen LogP contribution >= 0.6 is 11.3 Å². The summed E-state index contributed by atoms with van der Waals surface area (Å²) < 4.78 is 5.09. The highest BCUT2D eigenvalue weighted by molar-refractivity contribution is 7.14. The van der Waals surface area contributed by atoms with Crippen molar-refractivity contribution in [2.45, 2.75) is 20.0 Å². The number of benzene rings is 1. The molecule has 0 aliphatic carbocycles. The Balaban J connectivity index is 1.69. The summed E-state index contributed by atoms with van der Waals surface area (Å²) in [6, 6.07) is 11.3. The molecule has 0 aliphatic heterocycles. The van der Waals surface area contributed by atoms with Gasteiger partial charge in [-0.15, -0.1) is 11.3 Å². The molecule has 1 aromatic carbocycles. The van der Waals surface area contributed by atoms with Crippen LogP contribution in [0.4, 0.5) is 4.79 Å². The van der Waals surface area contributed by atoms with Crippen molar-refractivity contribution in [3.63, 3.8) is 0 Å². The molecule has 0 saturated heterocycles. The smallest absolute Gasteiger partial charge is 0.407 e. The molecule has 1 N–H and O–H groups in total. The molecule has 0 atom stereocenters. The zero-order valence-electron chi connectivity index (χ0n) is 12.8. The van der Waals surface area contributed by atoms with Gasteiger partial charge in [0, 0.05) is 13.0 Å². The molecule has 0 spiro atoms. The Morgan fingerprint density at radius 3 is 2.83 bits per heavy atom. The van der Waals surface area contributed by atoms with Crippen molar-refractivity contribution in [3.8, 4) is 11.8 Å². The Morgan fingerprint density at radius 2 is 2.13 bits per heavy atom. The van der Waals surface area contributed by atoms with Crippen molar-refractivity contribution in [1.82, 2.24) is 5.32 Å². The molecule has 2 aromatic rings. The lowest BCUT2D eigenvalue weighted by Crippen LogP contribution is -2.24. The van der Waals surface area contributed by atoms with Crippen molar-refractivity contribution in [2.24, 2.45) is 0 Å². The second-order valence-electron chi connectivity index (χ2n) is 4.82. The van der Waals surface area contributed by atoms with Gasteiger partial charge in [0.1, 0.15) is 6.61 Å². The van der Waals surface area contributed by atoms with Crippen LogP contribution in [0.5, 0.6) is 0 Å². The fraction of sp³-hybridized carbons (Fsp3) is 0.222. The first-order valence-corrected chi connectivity index (χ1v) is 7.99. The number of alkyl carbamates (subject to hydrolysis) is 1. The number of aryl methyl sites for hydroxylation is 1. The van der Waals surface area contributed by atoms with E-state index in [1.807, 2.05) is 43.3 Å². The monoisotopic (exact) mass is 327 g/mol. The number of thiophene rings is 1. The summed E-state index contributed by atoms with van der Waals surface area (Å²) in [6.45, 7) is 2.60. The van der Waals surface area contributed by atoms with Crippen molar-refractivity contribution in [2.75, 3.05) is 6.54 Å². The van der Waals surface area contributed by atoms with Crippen LogP contribution in [0, 0.1) is 18.8 Å². The Kier molecular flexibility index (Phi) is 6.40. The summed E-state index contributed by atoms with van der Waals surface area (Å²) in [6.07, 6.45) is 0.896. The molecule has 23 heavy (non-hydrogen) atoms. The molecule has 4 nitrogen and oxygen atoms in total. The van der Waals surface area contributed by atoms with E-state index in [0.717, 1.165) is 22.3 Å². The number of rotatable bonds is 5. The number of carbonyl (C=O) groups is 2. The minimum absolute atomic E-state index is 0.251. The van der Waals surface area contributed by atoms with Gasteiger partial charge in [0.05, 0.1) is 9.75 Å². The predicted octanol–water partition coefficient (Wildman–Crippen LogP) is 3.54. The first-order chi connectivity index (χ1) is 11.2. The molecule has 1 heterocycles. The lowest BCUT2D eigenvalue weighted by Gasteiger charge is -2.05. The molecule has 1 aromatic heterocycles. The van der Waals surface area contributed by atoms with Gasteiger partial charge in [-0.25, -0.2) is 4.79 Å². The van der Waals surface area contributed by atoms with E-state index < -0.39 is 6.09 Å². The molecule has 2 rings (SSSR count). The van der Waals surface area contributed by atoms with E-state index in [1.54, 1.807) is 0 Å². The summed E-state index contributed by atoms with van der Waals surface area (Å²) in [5, 5.41) is 2.65. The fourth-order valence-electron chi connectivity index (χ4n) is 1.83. The quantitative estimate of drug-likeness (QED) is 0.519. The van der Waals surface area contributed by atoms with E-state index in [-0.39, 0.29) is 6.61 Å². The fourth-order valence-corrected chi connectivity index (χ4v) is 2.70. The average Bonchev–Trinajstić information content (AvgIpc) is 2.94. The number of carbonyl (C=O) groups excluding carboxylic acids is 2. The highest BCUT2D eigenvalue weighted by atomic mass is 32.1. The molecule has 0 fully saturated rings. The summed E-state index contributed by atoms with van der Waals surface area (Å²) in [4.78, 5) is 23.8. The van der Waals surface area contributed by atoms with Crippen LogP contribution < -0.4 is 5.32 Å². The minimum atomic E-state index is -0.453. The van der Waals surface area contributed by atoms with Gasteiger partial charge in [-0.3, -0.25) is 4.79 Å². The molecule has 0 aliphatic rings. The first-order valence-electron chi connectivity index (χ1n) is 7.18. The highest BCUT2D eigenvalue weighted by Gasteiger charge is 2.02. The van der Waals surface area contributed by atoms with Crippen molar-refractivity contribution >= 4 is 23.7 Å². The van der Waals surface area contributed by atoms with Gasteiger partial charge in [-0.1, -0.05) is 42.2 Å². The zero-order chi connectivity index (χ0) is 16.5. The normalized spacial score (nSPS) is 9.61. The molecular weight excluding hydrogens is 310 g/mol. The van der Waals surface area contributed by atoms with Crippen LogP contribution in [0.2, 0.25) is 0 Å². The Hall–Kier alpha value is -2.58. The van der Waals surface area contributed by atoms with E-state index >= 15 is 0 Å². The summed E-state index contributed by atoms with van der Waals surface area (Å²) in [7, 11) is 0. The SMILES string of the molecule is Cc1cc(C=O)sc1C#CCCNC(=O)OCc1ccccc1. The van der Waals surface area contributed by atoms with Crippen LogP contribution in [0.3, 0.4) is 0 Å². The lowest BCUT2D eigenvalue weighted by molar-refractivity contribution is 0.112. The van der Waals surface area contributed by atoms with Crippen molar-refractivity contribution in [1.29, 1.82) is 0 Å². The Bertz CT molecular complexity index is 726. The van der Waals surface area contributed by atoms with Crippen LogP contribution in [-0.4, -0.2) is 18.9 Å². The minimum Gasteiger partial charge on any atom is -0.445 e. The van der Waals surface area contributed by atoms with Crippen LogP contribution in [0.25, 0.3) is 0 Å². The highest BCUT2D eigenvalue weighted by Crippen LogP contribution is 2.18. The first kappa shape index (κ1) is 16.8. The Morgan fingerprint density at radius 1 is 1.35 bits per heavy atom. The molecular formula is C18H17NO3S. The van der Waals surface area contributed by atoms with E-state index in [9.17, 15) is 9.59 Å². The maximum Gasteiger partial charge on any atom is 0.407 e. The summed E-state index contributed by atoms with van der Waals surface area (Å²) in [5.74, 6) is 6.00. The lowest BCUT2D eigenvalue weighted by atomic mass is 10.2. The van der Waals surface area contributed by atoms with E-state index in [2.05, 4.69) is 17.2 Å². The van der Waals surface area contributed by atoms with Gasteiger partial charge < -0.3 is 10.1 Å². The van der Waals surface area contributed by atoms with E-state index in [0.29, 0.717) is 17.8 Å². The van der Waals surface area contributed by atoms with Crippen LogP contribution in [0.1, 0.15) is 32.1 Å². The molecule has 0 bridgehead atoms. The number of amides is 1. The molecule has 0 unspecified atom stereocenters. The second-order valence-corrected chi connectivity index (χ2v) is 5.90. The van der Waals surface area contributed by atoms with E-state index in [4.69, 9.17) is 4.74 Å². The third-order valence-corrected chi connectivity index (χ3v) is 4.06. The summed E-state index contributed by atoms with van der Waals surface area (Å²) >= 11 is 1.38. The van der Waals surface area contributed by atoms with Gasteiger partial charge in [0.15, 0.2) is 6.29 Å². The molecule has 1 amide bonds. The zero-order valence-corrected chi connectivity index (χ0v) is 13.6. The van der Waals surface area contributed by atoms with Crippen LogP contribution in [0.15, 0.2) is 36.4 Å². The Labute approximate surface area is 139 Å². The van der Waals surface area contributed by atoms with E-state index in [1.165, 1.54) is 11.3 Å². The predicted molar refractivity (Wildman–Crippen MR) is 90.6 cm³/mol. The largest absolute Gasteiger partial charge is 0.445 e. The maximum atomic E-state index is 11.5.